The number of aromatic nitrogens is 2. The average molecular weight is 306 g/mol. The van der Waals surface area contributed by atoms with E-state index in [2.05, 4.69) is 61.6 Å². The van der Waals surface area contributed by atoms with Gasteiger partial charge in [-0.1, -0.05) is 43.3 Å². The van der Waals surface area contributed by atoms with E-state index in [1.807, 2.05) is 11.1 Å². The summed E-state index contributed by atoms with van der Waals surface area (Å²) in [5.74, 6) is 0. The summed E-state index contributed by atoms with van der Waals surface area (Å²) in [6.07, 6.45) is 5.16. The van der Waals surface area contributed by atoms with Crippen molar-refractivity contribution >= 4 is 11.4 Å². The van der Waals surface area contributed by atoms with E-state index in [-0.39, 0.29) is 5.54 Å². The van der Waals surface area contributed by atoms with Crippen molar-refractivity contribution in [3.8, 4) is 0 Å². The lowest BCUT2D eigenvalue weighted by Crippen LogP contribution is -2.37. The number of rotatable bonds is 4. The summed E-state index contributed by atoms with van der Waals surface area (Å²) in [7, 11) is 0. The van der Waals surface area contributed by atoms with Gasteiger partial charge in [-0.05, 0) is 31.9 Å². The first-order chi connectivity index (χ1) is 11.0. The van der Waals surface area contributed by atoms with E-state index in [0.29, 0.717) is 0 Å². The molecule has 0 saturated carbocycles. The van der Waals surface area contributed by atoms with E-state index in [4.69, 9.17) is 5.10 Å². The molecule has 0 spiro atoms. The molecule has 0 saturated heterocycles. The number of hydrogen-bond donors (Lipinski definition) is 0. The third-order valence-electron chi connectivity index (χ3n) is 4.53. The van der Waals surface area contributed by atoms with Gasteiger partial charge in [-0.15, -0.1) is 0 Å². The van der Waals surface area contributed by atoms with Crippen molar-refractivity contribution in [1.29, 1.82) is 0 Å². The summed E-state index contributed by atoms with van der Waals surface area (Å²) in [6.45, 7) is 10.7. The summed E-state index contributed by atoms with van der Waals surface area (Å²) in [4.78, 5) is 8.29. The molecular weight excluding hydrogens is 284 g/mol. The van der Waals surface area contributed by atoms with E-state index in [0.717, 1.165) is 29.9 Å². The van der Waals surface area contributed by atoms with Crippen LogP contribution in [0.5, 0.6) is 0 Å². The molecular formula is C19H22N4. The Morgan fingerprint density at radius 1 is 1.35 bits per heavy atom. The Hall–Kier alpha value is -2.49. The van der Waals surface area contributed by atoms with Crippen molar-refractivity contribution < 1.29 is 0 Å². The Balaban J connectivity index is 1.98. The molecule has 1 atom stereocenters. The van der Waals surface area contributed by atoms with E-state index >= 15 is 0 Å². The van der Waals surface area contributed by atoms with Gasteiger partial charge in [0, 0.05) is 12.6 Å². The van der Waals surface area contributed by atoms with Gasteiger partial charge in [0.1, 0.15) is 6.33 Å². The van der Waals surface area contributed by atoms with Crippen LogP contribution in [0.3, 0.4) is 0 Å². The number of hydrogen-bond acceptors (Lipinski definition) is 4. The Morgan fingerprint density at radius 3 is 2.83 bits per heavy atom. The molecule has 4 nitrogen and oxygen atoms in total. The second-order valence-corrected chi connectivity index (χ2v) is 6.30. The average Bonchev–Trinajstić information content (AvgIpc) is 2.93. The first-order valence-electron chi connectivity index (χ1n) is 7.93. The number of benzene rings is 1. The Labute approximate surface area is 137 Å². The maximum atomic E-state index is 4.89. The predicted molar refractivity (Wildman–Crippen MR) is 93.9 cm³/mol. The minimum atomic E-state index is -0.0822. The predicted octanol–water partition coefficient (Wildman–Crippen LogP) is 4.03. The Morgan fingerprint density at radius 2 is 2.17 bits per heavy atom. The number of aryl methyl sites for hydroxylation is 1. The van der Waals surface area contributed by atoms with Crippen molar-refractivity contribution in [1.82, 2.24) is 15.0 Å². The zero-order valence-corrected chi connectivity index (χ0v) is 14.0. The lowest BCUT2D eigenvalue weighted by atomic mass is 9.89. The van der Waals surface area contributed by atoms with Crippen LogP contribution in [0.1, 0.15) is 43.5 Å². The number of hydrazone groups is 1. The highest BCUT2D eigenvalue weighted by Crippen LogP contribution is 2.37. The van der Waals surface area contributed by atoms with Gasteiger partial charge in [-0.25, -0.2) is 9.97 Å². The lowest BCUT2D eigenvalue weighted by Gasteiger charge is -2.34. The van der Waals surface area contributed by atoms with Gasteiger partial charge in [0.25, 0.3) is 0 Å². The molecule has 1 unspecified atom stereocenters. The topological polar surface area (TPSA) is 41.4 Å². The van der Waals surface area contributed by atoms with Crippen molar-refractivity contribution in [3.05, 3.63) is 66.3 Å². The Kier molecular flexibility index (Phi) is 3.99. The molecule has 1 aliphatic heterocycles. The highest BCUT2D eigenvalue weighted by Gasteiger charge is 2.39. The molecule has 1 aromatic carbocycles. The highest BCUT2D eigenvalue weighted by atomic mass is 15.5. The van der Waals surface area contributed by atoms with Gasteiger partial charge in [-0.2, -0.15) is 5.10 Å². The molecule has 118 valence electrons. The van der Waals surface area contributed by atoms with E-state index in [1.165, 1.54) is 11.1 Å². The fourth-order valence-electron chi connectivity index (χ4n) is 2.93. The van der Waals surface area contributed by atoms with Gasteiger partial charge in [-0.3, -0.25) is 5.01 Å². The first kappa shape index (κ1) is 15.4. The monoisotopic (exact) mass is 306 g/mol. The molecule has 2 aromatic rings. The maximum absolute atomic E-state index is 4.89. The van der Waals surface area contributed by atoms with Crippen LogP contribution in [-0.2, 0) is 0 Å². The van der Waals surface area contributed by atoms with Crippen molar-refractivity contribution in [2.24, 2.45) is 5.10 Å². The molecule has 0 bridgehead atoms. The fraction of sp³-hybridized carbons (Fsp3) is 0.316. The highest BCUT2D eigenvalue weighted by molar-refractivity contribution is 6.02. The summed E-state index contributed by atoms with van der Waals surface area (Å²) in [5, 5.41) is 6.92. The summed E-state index contributed by atoms with van der Waals surface area (Å²) in [5.41, 5.74) is 5.09. The minimum Gasteiger partial charge on any atom is -0.257 e. The van der Waals surface area contributed by atoms with Crippen LogP contribution < -0.4 is 0 Å². The molecule has 4 heteroatoms. The summed E-state index contributed by atoms with van der Waals surface area (Å²) in [6, 6.07) is 10.4. The van der Waals surface area contributed by atoms with Gasteiger partial charge in [0.05, 0.1) is 22.6 Å². The van der Waals surface area contributed by atoms with Crippen molar-refractivity contribution in [2.75, 3.05) is 0 Å². The van der Waals surface area contributed by atoms with Gasteiger partial charge in [0.2, 0.25) is 0 Å². The quantitative estimate of drug-likeness (QED) is 0.856. The summed E-state index contributed by atoms with van der Waals surface area (Å²) < 4.78 is 0. The fourth-order valence-corrected chi connectivity index (χ4v) is 2.93. The third kappa shape index (κ3) is 2.89. The van der Waals surface area contributed by atoms with Gasteiger partial charge < -0.3 is 0 Å². The largest absolute Gasteiger partial charge is 0.257 e. The molecule has 0 N–H and O–H groups in total. The second kappa shape index (κ2) is 5.95. The molecule has 0 amide bonds. The van der Waals surface area contributed by atoms with Crippen molar-refractivity contribution in [2.45, 2.75) is 39.2 Å². The minimum absolute atomic E-state index is 0.0822. The van der Waals surface area contributed by atoms with Crippen molar-refractivity contribution in [3.63, 3.8) is 0 Å². The maximum Gasteiger partial charge on any atom is 0.116 e. The zero-order valence-electron chi connectivity index (χ0n) is 14.0. The van der Waals surface area contributed by atoms with E-state index in [9.17, 15) is 0 Å². The third-order valence-corrected chi connectivity index (χ3v) is 4.53. The standard InChI is InChI=1S/C19H22N4/c1-5-19(4)12-18(16-8-6-7-14(2)11-16)22-23(19)15(3)17-9-10-20-13-21-17/h6-11,13H,3,5,12H2,1-2,4H3. The molecule has 1 aromatic heterocycles. The van der Waals surface area contributed by atoms with Gasteiger partial charge >= 0.3 is 0 Å². The van der Waals surface area contributed by atoms with Crippen LogP contribution in [0.4, 0.5) is 0 Å². The molecule has 0 aliphatic carbocycles. The molecule has 0 radical (unpaired) electrons. The molecule has 23 heavy (non-hydrogen) atoms. The second-order valence-electron chi connectivity index (χ2n) is 6.30. The van der Waals surface area contributed by atoms with E-state index < -0.39 is 0 Å². The SMILES string of the molecule is C=C(c1ccncn1)N1N=C(c2cccc(C)c2)CC1(C)CC. The van der Waals surface area contributed by atoms with Crippen LogP contribution in [0, 0.1) is 6.92 Å². The smallest absolute Gasteiger partial charge is 0.116 e. The van der Waals surface area contributed by atoms with Gasteiger partial charge in [0.15, 0.2) is 0 Å². The molecule has 2 heterocycles. The Bertz CT molecular complexity index is 751. The van der Waals surface area contributed by atoms with Crippen LogP contribution in [0.2, 0.25) is 0 Å². The van der Waals surface area contributed by atoms with Crippen LogP contribution >= 0.6 is 0 Å². The number of nitrogens with zero attached hydrogens (tertiary/aromatic N) is 4. The first-order valence-corrected chi connectivity index (χ1v) is 7.93. The lowest BCUT2D eigenvalue weighted by molar-refractivity contribution is 0.210. The molecule has 0 fully saturated rings. The van der Waals surface area contributed by atoms with Crippen LogP contribution in [0.25, 0.3) is 5.70 Å². The van der Waals surface area contributed by atoms with Crippen LogP contribution in [-0.4, -0.2) is 26.2 Å². The molecule has 3 rings (SSSR count). The molecule has 1 aliphatic rings. The zero-order chi connectivity index (χ0) is 16.4. The van der Waals surface area contributed by atoms with E-state index in [1.54, 1.807) is 12.5 Å². The normalized spacial score (nSPS) is 20.5. The summed E-state index contributed by atoms with van der Waals surface area (Å²) >= 11 is 0. The van der Waals surface area contributed by atoms with Crippen LogP contribution in [0.15, 0.2) is 54.5 Å².